The van der Waals surface area contributed by atoms with Crippen molar-refractivity contribution in [2.24, 2.45) is 11.7 Å². The molecule has 0 aromatic heterocycles. The molecule has 2 N–H and O–H groups in total. The van der Waals surface area contributed by atoms with Gasteiger partial charge in [0.05, 0.1) is 0 Å². The zero-order valence-corrected chi connectivity index (χ0v) is 13.2. The Kier molecular flexibility index (Phi) is 5.65. The third-order valence-corrected chi connectivity index (χ3v) is 4.83. The van der Waals surface area contributed by atoms with Gasteiger partial charge in [-0.05, 0) is 31.2 Å². The molecule has 3 rings (SSSR count). The first-order valence-corrected chi connectivity index (χ1v) is 7.83. The lowest BCUT2D eigenvalue weighted by Gasteiger charge is -2.29. The molecule has 1 aromatic rings. The largest absolute Gasteiger partial charge is 0.342 e. The van der Waals surface area contributed by atoms with Gasteiger partial charge in [-0.15, -0.1) is 12.4 Å². The van der Waals surface area contributed by atoms with E-state index in [1.807, 2.05) is 6.07 Å². The number of carbonyl (C=O) groups excluding carboxylic acids is 1. The number of amides is 1. The highest BCUT2D eigenvalue weighted by Crippen LogP contribution is 2.31. The predicted octanol–water partition coefficient (Wildman–Crippen LogP) is 2.94. The lowest BCUT2D eigenvalue weighted by molar-refractivity contribution is -0.135. The van der Waals surface area contributed by atoms with Crippen LogP contribution in [0.3, 0.4) is 0 Å². The molecule has 1 aromatic carbocycles. The minimum Gasteiger partial charge on any atom is -0.342 e. The number of nitrogens with two attached hydrogens (primary N) is 1. The maximum atomic E-state index is 12.6. The van der Waals surface area contributed by atoms with Gasteiger partial charge in [-0.3, -0.25) is 4.79 Å². The van der Waals surface area contributed by atoms with Crippen LogP contribution in [0.2, 0.25) is 0 Å². The van der Waals surface area contributed by atoms with Crippen molar-refractivity contribution in [1.29, 1.82) is 0 Å². The number of likely N-dealkylation sites (tertiary alicyclic amines) is 1. The Morgan fingerprint density at radius 1 is 1.14 bits per heavy atom. The van der Waals surface area contributed by atoms with Crippen molar-refractivity contribution in [3.63, 3.8) is 0 Å². The topological polar surface area (TPSA) is 46.3 Å². The molecule has 1 amide bonds. The van der Waals surface area contributed by atoms with E-state index in [9.17, 15) is 4.79 Å². The highest BCUT2D eigenvalue weighted by Gasteiger charge is 2.33. The van der Waals surface area contributed by atoms with Crippen molar-refractivity contribution in [2.75, 3.05) is 13.1 Å². The molecule has 1 saturated heterocycles. The van der Waals surface area contributed by atoms with Crippen molar-refractivity contribution in [3.05, 3.63) is 35.9 Å². The number of halogens is 1. The van der Waals surface area contributed by atoms with Gasteiger partial charge in [0, 0.05) is 31.0 Å². The summed E-state index contributed by atoms with van der Waals surface area (Å²) in [7, 11) is 0. The van der Waals surface area contributed by atoms with Crippen LogP contribution >= 0.6 is 12.4 Å². The van der Waals surface area contributed by atoms with E-state index in [-0.39, 0.29) is 24.4 Å². The molecular weight excluding hydrogens is 284 g/mol. The zero-order chi connectivity index (χ0) is 13.9. The van der Waals surface area contributed by atoms with Gasteiger partial charge in [0.15, 0.2) is 0 Å². The highest BCUT2D eigenvalue weighted by molar-refractivity contribution is 5.85. The second-order valence-electron chi connectivity index (χ2n) is 6.30. The van der Waals surface area contributed by atoms with E-state index in [1.165, 1.54) is 5.56 Å². The Morgan fingerprint density at radius 3 is 2.62 bits per heavy atom. The minimum atomic E-state index is 0. The van der Waals surface area contributed by atoms with Crippen molar-refractivity contribution in [2.45, 2.75) is 44.1 Å². The Balaban J connectivity index is 0.00000161. The third kappa shape index (κ3) is 3.78. The third-order valence-electron chi connectivity index (χ3n) is 4.83. The van der Waals surface area contributed by atoms with E-state index >= 15 is 0 Å². The molecule has 2 aliphatic rings. The molecule has 3 unspecified atom stereocenters. The van der Waals surface area contributed by atoms with Gasteiger partial charge in [0.25, 0.3) is 0 Å². The number of hydrogen-bond donors (Lipinski definition) is 1. The second kappa shape index (κ2) is 7.28. The number of nitrogens with zero attached hydrogens (tertiary/aromatic N) is 1. The average molecular weight is 309 g/mol. The van der Waals surface area contributed by atoms with Gasteiger partial charge in [-0.2, -0.15) is 0 Å². The smallest absolute Gasteiger partial charge is 0.225 e. The molecule has 3 atom stereocenters. The fraction of sp³-hybridized carbons (Fsp3) is 0.588. The molecule has 4 heteroatoms. The molecule has 2 fully saturated rings. The number of benzene rings is 1. The van der Waals surface area contributed by atoms with Gasteiger partial charge < -0.3 is 10.6 Å². The second-order valence-corrected chi connectivity index (χ2v) is 6.30. The van der Waals surface area contributed by atoms with E-state index < -0.39 is 0 Å². The van der Waals surface area contributed by atoms with Gasteiger partial charge in [-0.1, -0.05) is 36.8 Å². The van der Waals surface area contributed by atoms with Crippen molar-refractivity contribution < 1.29 is 4.79 Å². The Hall–Kier alpha value is -1.06. The fourth-order valence-electron chi connectivity index (χ4n) is 3.67. The van der Waals surface area contributed by atoms with Crippen molar-refractivity contribution in [1.82, 2.24) is 4.90 Å². The van der Waals surface area contributed by atoms with Crippen LogP contribution in [-0.4, -0.2) is 29.9 Å². The maximum absolute atomic E-state index is 12.6. The van der Waals surface area contributed by atoms with Gasteiger partial charge in [0.2, 0.25) is 5.91 Å². The van der Waals surface area contributed by atoms with E-state index in [0.717, 1.165) is 45.2 Å². The molecule has 1 saturated carbocycles. The number of rotatable bonds is 2. The summed E-state index contributed by atoms with van der Waals surface area (Å²) < 4.78 is 0. The zero-order valence-electron chi connectivity index (χ0n) is 12.4. The normalized spacial score (nSPS) is 29.0. The molecule has 1 aliphatic heterocycles. The SMILES string of the molecule is Cl.NC1CCCC(C(=O)N2CCC(c3ccccc3)C2)C1. The van der Waals surface area contributed by atoms with Crippen LogP contribution < -0.4 is 5.73 Å². The van der Waals surface area contributed by atoms with E-state index in [0.29, 0.717) is 11.8 Å². The molecule has 0 radical (unpaired) electrons. The maximum Gasteiger partial charge on any atom is 0.225 e. The Morgan fingerprint density at radius 2 is 1.90 bits per heavy atom. The van der Waals surface area contributed by atoms with Crippen LogP contribution in [-0.2, 0) is 4.79 Å². The van der Waals surface area contributed by atoms with Crippen LogP contribution in [0.5, 0.6) is 0 Å². The summed E-state index contributed by atoms with van der Waals surface area (Å²) in [5.41, 5.74) is 7.37. The number of hydrogen-bond acceptors (Lipinski definition) is 2. The van der Waals surface area contributed by atoms with Crippen LogP contribution in [0.1, 0.15) is 43.6 Å². The predicted molar refractivity (Wildman–Crippen MR) is 87.6 cm³/mol. The van der Waals surface area contributed by atoms with Gasteiger partial charge in [0.1, 0.15) is 0 Å². The lowest BCUT2D eigenvalue weighted by Crippen LogP contribution is -2.39. The molecule has 0 spiro atoms. The minimum absolute atomic E-state index is 0. The van der Waals surface area contributed by atoms with Crippen LogP contribution in [0.15, 0.2) is 30.3 Å². The Labute approximate surface area is 133 Å². The fourth-order valence-corrected chi connectivity index (χ4v) is 3.67. The molecule has 0 bridgehead atoms. The van der Waals surface area contributed by atoms with Crippen molar-refractivity contribution >= 4 is 18.3 Å². The first-order valence-electron chi connectivity index (χ1n) is 7.83. The van der Waals surface area contributed by atoms with E-state index in [2.05, 4.69) is 29.2 Å². The standard InChI is InChI=1S/C17H24N2O.ClH/c18-16-8-4-7-14(11-16)17(20)19-10-9-15(12-19)13-5-2-1-3-6-13;/h1-3,5-6,14-16H,4,7-12,18H2;1H. The molecule has 1 aliphatic carbocycles. The van der Waals surface area contributed by atoms with Crippen LogP contribution in [0.4, 0.5) is 0 Å². The van der Waals surface area contributed by atoms with Gasteiger partial charge >= 0.3 is 0 Å². The number of carbonyl (C=O) groups is 1. The monoisotopic (exact) mass is 308 g/mol. The molecule has 116 valence electrons. The van der Waals surface area contributed by atoms with Crippen LogP contribution in [0.25, 0.3) is 0 Å². The highest BCUT2D eigenvalue weighted by atomic mass is 35.5. The summed E-state index contributed by atoms with van der Waals surface area (Å²) in [6.07, 6.45) is 5.18. The van der Waals surface area contributed by atoms with Crippen LogP contribution in [0, 0.1) is 5.92 Å². The summed E-state index contributed by atoms with van der Waals surface area (Å²) in [5, 5.41) is 0. The summed E-state index contributed by atoms with van der Waals surface area (Å²) in [6.45, 7) is 1.79. The summed E-state index contributed by atoms with van der Waals surface area (Å²) in [5.74, 6) is 1.03. The Bertz CT molecular complexity index is 465. The van der Waals surface area contributed by atoms with E-state index in [4.69, 9.17) is 5.73 Å². The lowest BCUT2D eigenvalue weighted by atomic mass is 9.85. The summed E-state index contributed by atoms with van der Waals surface area (Å²) in [4.78, 5) is 14.7. The molecular formula is C17H25ClN2O. The molecule has 1 heterocycles. The summed E-state index contributed by atoms with van der Waals surface area (Å²) >= 11 is 0. The average Bonchev–Trinajstić information content (AvgIpc) is 2.97. The molecule has 21 heavy (non-hydrogen) atoms. The summed E-state index contributed by atoms with van der Waals surface area (Å²) in [6, 6.07) is 10.8. The van der Waals surface area contributed by atoms with E-state index in [1.54, 1.807) is 0 Å². The quantitative estimate of drug-likeness (QED) is 0.913. The van der Waals surface area contributed by atoms with Crippen molar-refractivity contribution in [3.8, 4) is 0 Å². The first kappa shape index (κ1) is 16.3. The molecule has 3 nitrogen and oxygen atoms in total. The van der Waals surface area contributed by atoms with Gasteiger partial charge in [-0.25, -0.2) is 0 Å². The first-order chi connectivity index (χ1) is 9.74.